The van der Waals surface area contributed by atoms with Crippen molar-refractivity contribution in [1.29, 1.82) is 0 Å². The summed E-state index contributed by atoms with van der Waals surface area (Å²) in [5.74, 6) is 0.960. The lowest BCUT2D eigenvalue weighted by atomic mass is 10.1. The second kappa shape index (κ2) is 8.28. The maximum Gasteiger partial charge on any atom is 0.119 e. The number of fused-ring (bicyclic) bond motifs is 1. The van der Waals surface area contributed by atoms with Gasteiger partial charge in [-0.15, -0.1) is 0 Å². The number of hydrogen-bond donors (Lipinski definition) is 1. The molecule has 0 atom stereocenters. The Hall–Kier alpha value is -1.06. The van der Waals surface area contributed by atoms with Gasteiger partial charge in [0.1, 0.15) is 5.75 Å². The standard InChI is InChI=1S/C17H22BrNO/c18-16-8-6-15-13-17(9-7-14(15)12-16)20-11-5-3-1-2-4-10-19/h6-9,12-13H,1-5,10-11,19H2. The summed E-state index contributed by atoms with van der Waals surface area (Å²) in [6.07, 6.45) is 5.97. The van der Waals surface area contributed by atoms with Crippen molar-refractivity contribution in [2.24, 2.45) is 5.73 Å². The third-order valence-corrected chi connectivity index (χ3v) is 3.88. The lowest BCUT2D eigenvalue weighted by molar-refractivity contribution is 0.305. The number of halogens is 1. The first-order valence-corrected chi connectivity index (χ1v) is 8.11. The van der Waals surface area contributed by atoms with E-state index in [4.69, 9.17) is 10.5 Å². The van der Waals surface area contributed by atoms with Crippen LogP contribution in [0.1, 0.15) is 32.1 Å². The van der Waals surface area contributed by atoms with E-state index in [0.29, 0.717) is 0 Å². The first kappa shape index (κ1) is 15.3. The Balaban J connectivity index is 1.77. The van der Waals surface area contributed by atoms with Gasteiger partial charge in [0.25, 0.3) is 0 Å². The molecule has 0 aromatic heterocycles. The highest BCUT2D eigenvalue weighted by Gasteiger charge is 1.99. The van der Waals surface area contributed by atoms with Crippen LogP contribution < -0.4 is 10.5 Å². The van der Waals surface area contributed by atoms with Crippen LogP contribution in [0, 0.1) is 0 Å². The highest BCUT2D eigenvalue weighted by atomic mass is 79.9. The van der Waals surface area contributed by atoms with Gasteiger partial charge in [0, 0.05) is 4.47 Å². The molecule has 0 heterocycles. The lowest BCUT2D eigenvalue weighted by Crippen LogP contribution is -1.99. The van der Waals surface area contributed by atoms with E-state index in [-0.39, 0.29) is 0 Å². The molecule has 2 aromatic carbocycles. The van der Waals surface area contributed by atoms with E-state index in [1.54, 1.807) is 0 Å². The number of unbranched alkanes of at least 4 members (excludes halogenated alkanes) is 4. The first-order valence-electron chi connectivity index (χ1n) is 7.32. The predicted octanol–water partition coefficient (Wildman–Crippen LogP) is 4.89. The van der Waals surface area contributed by atoms with Crippen LogP contribution in [0.5, 0.6) is 5.75 Å². The van der Waals surface area contributed by atoms with Gasteiger partial charge in [-0.1, -0.05) is 47.3 Å². The summed E-state index contributed by atoms with van der Waals surface area (Å²) in [7, 11) is 0. The molecule has 0 amide bonds. The Morgan fingerprint density at radius 3 is 2.40 bits per heavy atom. The minimum Gasteiger partial charge on any atom is -0.494 e. The average molecular weight is 336 g/mol. The molecule has 2 rings (SSSR count). The summed E-state index contributed by atoms with van der Waals surface area (Å²) in [5, 5.41) is 2.45. The van der Waals surface area contributed by atoms with Crippen molar-refractivity contribution in [3.05, 3.63) is 40.9 Å². The second-order valence-corrected chi connectivity index (χ2v) is 5.97. The third kappa shape index (κ3) is 4.80. The van der Waals surface area contributed by atoms with Crippen LogP contribution in [0.3, 0.4) is 0 Å². The van der Waals surface area contributed by atoms with Crippen molar-refractivity contribution >= 4 is 26.7 Å². The van der Waals surface area contributed by atoms with Crippen LogP contribution in [-0.2, 0) is 0 Å². The molecule has 0 bridgehead atoms. The summed E-state index contributed by atoms with van der Waals surface area (Å²) in [6.45, 7) is 1.61. The zero-order valence-corrected chi connectivity index (χ0v) is 13.4. The van der Waals surface area contributed by atoms with Crippen LogP contribution in [0.15, 0.2) is 40.9 Å². The summed E-state index contributed by atoms with van der Waals surface area (Å²) in [6, 6.07) is 12.6. The third-order valence-electron chi connectivity index (χ3n) is 3.39. The lowest BCUT2D eigenvalue weighted by Gasteiger charge is -2.07. The molecule has 0 aliphatic carbocycles. The Labute approximate surface area is 129 Å². The zero-order valence-electron chi connectivity index (χ0n) is 11.8. The van der Waals surface area contributed by atoms with Gasteiger partial charge in [0.05, 0.1) is 6.61 Å². The van der Waals surface area contributed by atoms with E-state index in [2.05, 4.69) is 46.3 Å². The Kier molecular flexibility index (Phi) is 6.34. The molecule has 0 saturated carbocycles. The highest BCUT2D eigenvalue weighted by molar-refractivity contribution is 9.10. The molecule has 2 N–H and O–H groups in total. The van der Waals surface area contributed by atoms with Gasteiger partial charge in [0.2, 0.25) is 0 Å². The Morgan fingerprint density at radius 1 is 0.850 bits per heavy atom. The summed E-state index contributed by atoms with van der Waals surface area (Å²) < 4.78 is 6.92. The molecule has 2 nitrogen and oxygen atoms in total. The Bertz CT molecular complexity index is 542. The van der Waals surface area contributed by atoms with Gasteiger partial charge in [-0.05, 0) is 54.4 Å². The molecule has 3 heteroatoms. The fourth-order valence-electron chi connectivity index (χ4n) is 2.25. The smallest absolute Gasteiger partial charge is 0.119 e. The van der Waals surface area contributed by atoms with Crippen molar-refractivity contribution in [3.63, 3.8) is 0 Å². The van der Waals surface area contributed by atoms with Crippen molar-refractivity contribution in [2.75, 3.05) is 13.2 Å². The van der Waals surface area contributed by atoms with E-state index >= 15 is 0 Å². The summed E-state index contributed by atoms with van der Waals surface area (Å²) >= 11 is 3.49. The molecule has 0 aliphatic heterocycles. The molecule has 0 unspecified atom stereocenters. The van der Waals surface area contributed by atoms with Gasteiger partial charge in [-0.2, -0.15) is 0 Å². The van der Waals surface area contributed by atoms with Crippen LogP contribution in [0.25, 0.3) is 10.8 Å². The molecule has 2 aromatic rings. The van der Waals surface area contributed by atoms with Crippen LogP contribution in [0.2, 0.25) is 0 Å². The van der Waals surface area contributed by atoms with Crippen molar-refractivity contribution in [2.45, 2.75) is 32.1 Å². The summed E-state index contributed by atoms with van der Waals surface area (Å²) in [5.41, 5.74) is 5.47. The minimum absolute atomic E-state index is 0.796. The normalized spacial score (nSPS) is 10.9. The van der Waals surface area contributed by atoms with Crippen LogP contribution in [-0.4, -0.2) is 13.2 Å². The van der Waals surface area contributed by atoms with E-state index in [1.165, 1.54) is 30.0 Å². The molecule has 0 fully saturated rings. The number of hydrogen-bond acceptors (Lipinski definition) is 2. The molecule has 20 heavy (non-hydrogen) atoms. The number of rotatable bonds is 8. The molecular weight excluding hydrogens is 314 g/mol. The predicted molar refractivity (Wildman–Crippen MR) is 89.3 cm³/mol. The first-order chi connectivity index (χ1) is 9.79. The number of ether oxygens (including phenoxy) is 1. The average Bonchev–Trinajstić information content (AvgIpc) is 2.46. The van der Waals surface area contributed by atoms with Gasteiger partial charge in [0.15, 0.2) is 0 Å². The van der Waals surface area contributed by atoms with E-state index in [0.717, 1.165) is 36.2 Å². The monoisotopic (exact) mass is 335 g/mol. The maximum absolute atomic E-state index is 5.81. The van der Waals surface area contributed by atoms with Crippen LogP contribution >= 0.6 is 15.9 Å². The largest absolute Gasteiger partial charge is 0.494 e. The quantitative estimate of drug-likeness (QED) is 0.697. The fourth-order valence-corrected chi connectivity index (χ4v) is 2.63. The maximum atomic E-state index is 5.81. The van der Waals surface area contributed by atoms with Crippen LogP contribution in [0.4, 0.5) is 0 Å². The van der Waals surface area contributed by atoms with Gasteiger partial charge in [-0.3, -0.25) is 0 Å². The van der Waals surface area contributed by atoms with Crippen molar-refractivity contribution in [1.82, 2.24) is 0 Å². The number of benzene rings is 2. The molecule has 0 spiro atoms. The molecule has 0 saturated heterocycles. The zero-order chi connectivity index (χ0) is 14.2. The van der Waals surface area contributed by atoms with Gasteiger partial charge in [-0.25, -0.2) is 0 Å². The topological polar surface area (TPSA) is 35.2 Å². The van der Waals surface area contributed by atoms with Gasteiger partial charge < -0.3 is 10.5 Å². The molecule has 0 radical (unpaired) electrons. The number of nitrogens with two attached hydrogens (primary N) is 1. The van der Waals surface area contributed by atoms with E-state index in [9.17, 15) is 0 Å². The van der Waals surface area contributed by atoms with Crippen molar-refractivity contribution < 1.29 is 4.74 Å². The minimum atomic E-state index is 0.796. The summed E-state index contributed by atoms with van der Waals surface area (Å²) in [4.78, 5) is 0. The van der Waals surface area contributed by atoms with Gasteiger partial charge >= 0.3 is 0 Å². The Morgan fingerprint density at radius 2 is 1.55 bits per heavy atom. The van der Waals surface area contributed by atoms with E-state index < -0.39 is 0 Å². The molecule has 0 aliphatic rings. The fraction of sp³-hybridized carbons (Fsp3) is 0.412. The van der Waals surface area contributed by atoms with E-state index in [1.807, 2.05) is 6.07 Å². The SMILES string of the molecule is NCCCCCCCOc1ccc2cc(Br)ccc2c1. The molecular formula is C17H22BrNO. The molecule has 108 valence electrons. The second-order valence-electron chi connectivity index (χ2n) is 5.06. The van der Waals surface area contributed by atoms with Crippen molar-refractivity contribution in [3.8, 4) is 5.75 Å². The highest BCUT2D eigenvalue weighted by Crippen LogP contribution is 2.24.